The SMILES string of the molecule is O=c1[nH]c2cccc(OCCCCN3CCc4c(ccc(Cl)c4Cl)C3)c2o1. The van der Waals surface area contributed by atoms with E-state index in [1.807, 2.05) is 18.2 Å². The lowest BCUT2D eigenvalue weighted by molar-refractivity contribution is 0.235. The van der Waals surface area contributed by atoms with E-state index in [-0.39, 0.29) is 0 Å². The first-order valence-electron chi connectivity index (χ1n) is 9.04. The molecule has 7 heteroatoms. The lowest BCUT2D eigenvalue weighted by atomic mass is 9.99. The maximum absolute atomic E-state index is 11.3. The number of benzene rings is 2. The lowest BCUT2D eigenvalue weighted by Gasteiger charge is -2.29. The molecular weight excluding hydrogens is 387 g/mol. The van der Waals surface area contributed by atoms with Crippen LogP contribution >= 0.6 is 23.2 Å². The molecular formula is C20H20Cl2N2O3. The molecule has 0 atom stereocenters. The van der Waals surface area contributed by atoms with Crippen molar-refractivity contribution in [2.75, 3.05) is 19.7 Å². The number of ether oxygens (including phenoxy) is 1. The molecule has 0 saturated heterocycles. The second kappa shape index (κ2) is 7.97. The summed E-state index contributed by atoms with van der Waals surface area (Å²) in [4.78, 5) is 16.4. The average Bonchev–Trinajstić information content (AvgIpc) is 3.05. The number of hydrogen-bond acceptors (Lipinski definition) is 4. The summed E-state index contributed by atoms with van der Waals surface area (Å²) in [6.07, 6.45) is 2.89. The number of fused-ring (bicyclic) bond motifs is 2. The second-order valence-electron chi connectivity index (χ2n) is 6.73. The molecule has 1 N–H and O–H groups in total. The minimum absolute atomic E-state index is 0.465. The largest absolute Gasteiger partial charge is 0.490 e. The van der Waals surface area contributed by atoms with Gasteiger partial charge in [-0.3, -0.25) is 9.88 Å². The number of rotatable bonds is 6. The first-order chi connectivity index (χ1) is 13.1. The molecule has 0 aliphatic carbocycles. The second-order valence-corrected chi connectivity index (χ2v) is 7.51. The minimum atomic E-state index is -0.465. The summed E-state index contributed by atoms with van der Waals surface area (Å²) in [7, 11) is 0. The van der Waals surface area contributed by atoms with Crippen molar-refractivity contribution in [3.63, 3.8) is 0 Å². The number of halogens is 2. The molecule has 0 spiro atoms. The Morgan fingerprint density at radius 2 is 2.07 bits per heavy atom. The average molecular weight is 407 g/mol. The third-order valence-corrected chi connectivity index (χ3v) is 5.75. The Labute approximate surface area is 166 Å². The van der Waals surface area contributed by atoms with Gasteiger partial charge in [0, 0.05) is 13.1 Å². The van der Waals surface area contributed by atoms with Crippen LogP contribution in [0.25, 0.3) is 11.1 Å². The molecule has 0 amide bonds. The molecule has 2 heterocycles. The van der Waals surface area contributed by atoms with Gasteiger partial charge < -0.3 is 9.15 Å². The maximum Gasteiger partial charge on any atom is 0.417 e. The number of hydrogen-bond donors (Lipinski definition) is 1. The highest BCUT2D eigenvalue weighted by molar-refractivity contribution is 6.42. The molecule has 1 aliphatic heterocycles. The van der Waals surface area contributed by atoms with Gasteiger partial charge in [0.25, 0.3) is 0 Å². The molecule has 0 radical (unpaired) electrons. The molecule has 27 heavy (non-hydrogen) atoms. The molecule has 3 aromatic rings. The van der Waals surface area contributed by atoms with E-state index in [1.165, 1.54) is 11.1 Å². The molecule has 0 bridgehead atoms. The standard InChI is InChI=1S/C20H20Cl2N2O3/c21-15-7-6-13-12-24(10-8-14(13)18(15)22)9-1-2-11-26-17-5-3-4-16-19(17)27-20(25)23-16/h3-7H,1-2,8-12H2,(H,23,25). The Hall–Kier alpha value is -1.95. The number of aromatic amines is 1. The maximum atomic E-state index is 11.3. The predicted molar refractivity (Wildman–Crippen MR) is 107 cm³/mol. The van der Waals surface area contributed by atoms with E-state index in [0.29, 0.717) is 33.5 Å². The van der Waals surface area contributed by atoms with E-state index in [9.17, 15) is 4.79 Å². The molecule has 5 nitrogen and oxygen atoms in total. The van der Waals surface area contributed by atoms with Gasteiger partial charge in [-0.2, -0.15) is 0 Å². The van der Waals surface area contributed by atoms with Crippen LogP contribution in [0.2, 0.25) is 10.0 Å². The van der Waals surface area contributed by atoms with Gasteiger partial charge >= 0.3 is 5.76 Å². The van der Waals surface area contributed by atoms with Crippen LogP contribution in [0.1, 0.15) is 24.0 Å². The molecule has 1 aliphatic rings. The first kappa shape index (κ1) is 18.4. The molecule has 0 saturated carbocycles. The number of nitrogens with one attached hydrogen (secondary N) is 1. The summed E-state index contributed by atoms with van der Waals surface area (Å²) in [6.45, 7) is 3.48. The predicted octanol–water partition coefficient (Wildman–Crippen LogP) is 4.65. The van der Waals surface area contributed by atoms with Crippen LogP contribution in [0.15, 0.2) is 39.5 Å². The number of unbranched alkanes of at least 4 members (excludes halogenated alkanes) is 1. The fourth-order valence-electron chi connectivity index (χ4n) is 3.51. The first-order valence-corrected chi connectivity index (χ1v) is 9.80. The van der Waals surface area contributed by atoms with E-state index in [4.69, 9.17) is 32.4 Å². The molecule has 0 unspecified atom stereocenters. The minimum Gasteiger partial charge on any atom is -0.490 e. The van der Waals surface area contributed by atoms with E-state index >= 15 is 0 Å². The highest BCUT2D eigenvalue weighted by atomic mass is 35.5. The normalized spacial score (nSPS) is 14.4. The zero-order valence-electron chi connectivity index (χ0n) is 14.8. The van der Waals surface area contributed by atoms with E-state index in [0.717, 1.165) is 38.9 Å². The summed E-state index contributed by atoms with van der Waals surface area (Å²) in [6, 6.07) is 9.39. The van der Waals surface area contributed by atoms with Crippen molar-refractivity contribution in [2.24, 2.45) is 0 Å². The summed E-state index contributed by atoms with van der Waals surface area (Å²) >= 11 is 12.4. The van der Waals surface area contributed by atoms with Gasteiger partial charge in [0.2, 0.25) is 0 Å². The molecule has 2 aromatic carbocycles. The molecule has 0 fully saturated rings. The van der Waals surface area contributed by atoms with Gasteiger partial charge in [0.15, 0.2) is 11.3 Å². The molecule has 1 aromatic heterocycles. The van der Waals surface area contributed by atoms with Crippen molar-refractivity contribution in [2.45, 2.75) is 25.8 Å². The van der Waals surface area contributed by atoms with E-state index in [2.05, 4.69) is 16.0 Å². The van der Waals surface area contributed by atoms with Crippen molar-refractivity contribution < 1.29 is 9.15 Å². The van der Waals surface area contributed by atoms with Gasteiger partial charge in [-0.1, -0.05) is 35.3 Å². The number of oxazole rings is 1. The number of para-hydroxylation sites is 1. The lowest BCUT2D eigenvalue weighted by Crippen LogP contribution is -2.31. The highest BCUT2D eigenvalue weighted by Gasteiger charge is 2.19. The van der Waals surface area contributed by atoms with Crippen LogP contribution in [0.4, 0.5) is 0 Å². The van der Waals surface area contributed by atoms with Crippen LogP contribution in [-0.2, 0) is 13.0 Å². The van der Waals surface area contributed by atoms with Gasteiger partial charge in [-0.05, 0) is 55.1 Å². The van der Waals surface area contributed by atoms with Crippen LogP contribution in [0.3, 0.4) is 0 Å². The van der Waals surface area contributed by atoms with E-state index < -0.39 is 5.76 Å². The Morgan fingerprint density at radius 3 is 2.96 bits per heavy atom. The molecule has 142 valence electrons. The monoisotopic (exact) mass is 406 g/mol. The number of H-pyrrole nitrogens is 1. The number of aromatic nitrogens is 1. The Morgan fingerprint density at radius 1 is 1.19 bits per heavy atom. The highest BCUT2D eigenvalue weighted by Crippen LogP contribution is 2.32. The third kappa shape index (κ3) is 4.00. The van der Waals surface area contributed by atoms with Crippen LogP contribution in [0, 0.1) is 0 Å². The Kier molecular flexibility index (Phi) is 5.43. The van der Waals surface area contributed by atoms with Crippen molar-refractivity contribution >= 4 is 34.3 Å². The van der Waals surface area contributed by atoms with Crippen molar-refractivity contribution in [1.82, 2.24) is 9.88 Å². The van der Waals surface area contributed by atoms with Crippen LogP contribution < -0.4 is 10.5 Å². The van der Waals surface area contributed by atoms with Crippen molar-refractivity contribution in [3.8, 4) is 5.75 Å². The van der Waals surface area contributed by atoms with Crippen molar-refractivity contribution in [3.05, 3.63) is 62.1 Å². The summed E-state index contributed by atoms with van der Waals surface area (Å²) in [5, 5.41) is 1.34. The topological polar surface area (TPSA) is 58.5 Å². The summed E-state index contributed by atoms with van der Waals surface area (Å²) in [5.74, 6) is 0.136. The Bertz CT molecular complexity index is 1010. The van der Waals surface area contributed by atoms with Gasteiger partial charge in [0.05, 0.1) is 22.2 Å². The van der Waals surface area contributed by atoms with E-state index in [1.54, 1.807) is 6.07 Å². The molecule has 4 rings (SSSR count). The number of nitrogens with zero attached hydrogens (tertiary/aromatic N) is 1. The zero-order valence-corrected chi connectivity index (χ0v) is 16.3. The van der Waals surface area contributed by atoms with Crippen LogP contribution in [-0.4, -0.2) is 29.6 Å². The van der Waals surface area contributed by atoms with Gasteiger partial charge in [-0.15, -0.1) is 0 Å². The van der Waals surface area contributed by atoms with Crippen molar-refractivity contribution in [1.29, 1.82) is 0 Å². The third-order valence-electron chi connectivity index (χ3n) is 4.90. The zero-order chi connectivity index (χ0) is 18.8. The van der Waals surface area contributed by atoms with Gasteiger partial charge in [-0.25, -0.2) is 4.79 Å². The quantitative estimate of drug-likeness (QED) is 0.605. The Balaban J connectivity index is 1.26. The van der Waals surface area contributed by atoms with Gasteiger partial charge in [0.1, 0.15) is 0 Å². The fourth-order valence-corrected chi connectivity index (χ4v) is 3.97. The summed E-state index contributed by atoms with van der Waals surface area (Å²) < 4.78 is 10.9. The van der Waals surface area contributed by atoms with Crippen LogP contribution in [0.5, 0.6) is 5.75 Å². The summed E-state index contributed by atoms with van der Waals surface area (Å²) in [5.41, 5.74) is 3.58. The fraction of sp³-hybridized carbons (Fsp3) is 0.350. The smallest absolute Gasteiger partial charge is 0.417 e.